The molecule has 1 amide bonds. The summed E-state index contributed by atoms with van der Waals surface area (Å²) in [6, 6.07) is 9.76. The average Bonchev–Trinajstić information content (AvgIpc) is 2.87. The highest BCUT2D eigenvalue weighted by molar-refractivity contribution is 14.1. The monoisotopic (exact) mass is 606 g/mol. The Morgan fingerprint density at radius 2 is 1.89 bits per heavy atom. The van der Waals surface area contributed by atoms with Crippen molar-refractivity contribution in [2.24, 2.45) is 4.99 Å². The predicted octanol–water partition coefficient (Wildman–Crippen LogP) is 4.53. The first-order chi connectivity index (χ1) is 12.8. The Morgan fingerprint density at radius 3 is 2.52 bits per heavy atom. The molecule has 0 saturated carbocycles. The lowest BCUT2D eigenvalue weighted by atomic mass is 10.2. The molecule has 0 spiro atoms. The number of phenolic OH excluding ortho intramolecular Hbond substituents is 1. The third kappa shape index (κ3) is 4.46. The number of amidine groups is 1. The highest BCUT2D eigenvalue weighted by Crippen LogP contribution is 2.36. The summed E-state index contributed by atoms with van der Waals surface area (Å²) in [6.07, 6.45) is 1.65. The number of amides is 1. The van der Waals surface area contributed by atoms with Crippen LogP contribution in [0.15, 0.2) is 46.3 Å². The van der Waals surface area contributed by atoms with Crippen molar-refractivity contribution in [2.75, 3.05) is 7.05 Å². The molecule has 6 nitrogen and oxygen atoms in total. The maximum Gasteiger partial charge on any atom is 0.335 e. The Balaban J connectivity index is 1.92. The highest BCUT2D eigenvalue weighted by atomic mass is 127. The summed E-state index contributed by atoms with van der Waals surface area (Å²) in [4.78, 5) is 29.8. The number of rotatable bonds is 3. The lowest BCUT2D eigenvalue weighted by Crippen LogP contribution is -2.23. The number of halogens is 2. The Hall–Kier alpha value is -1.60. The van der Waals surface area contributed by atoms with Crippen LogP contribution in [0.3, 0.4) is 0 Å². The minimum absolute atomic E-state index is 0.134. The first-order valence-electron chi connectivity index (χ1n) is 7.54. The number of nitrogens with zero attached hydrogens (tertiary/aromatic N) is 2. The molecule has 3 rings (SSSR count). The average molecular weight is 606 g/mol. The molecule has 2 N–H and O–H groups in total. The van der Waals surface area contributed by atoms with Crippen LogP contribution in [-0.4, -0.2) is 39.2 Å². The van der Waals surface area contributed by atoms with E-state index in [1.165, 1.54) is 28.8 Å². The fraction of sp³-hybridized carbons (Fsp3) is 0.0556. The van der Waals surface area contributed by atoms with Crippen LogP contribution in [0.1, 0.15) is 15.9 Å². The van der Waals surface area contributed by atoms with E-state index in [-0.39, 0.29) is 17.2 Å². The van der Waals surface area contributed by atoms with Gasteiger partial charge >= 0.3 is 5.97 Å². The molecule has 0 bridgehead atoms. The summed E-state index contributed by atoms with van der Waals surface area (Å²) in [5.41, 5.74) is 1.30. The second-order valence-electron chi connectivity index (χ2n) is 5.55. The fourth-order valence-corrected chi connectivity index (χ4v) is 5.15. The van der Waals surface area contributed by atoms with Gasteiger partial charge in [-0.25, -0.2) is 9.79 Å². The van der Waals surface area contributed by atoms with Crippen molar-refractivity contribution in [3.63, 3.8) is 0 Å². The predicted molar refractivity (Wildman–Crippen MR) is 122 cm³/mol. The second kappa shape index (κ2) is 8.19. The van der Waals surface area contributed by atoms with E-state index in [1.54, 1.807) is 31.3 Å². The lowest BCUT2D eigenvalue weighted by Gasteiger charge is -2.07. The smallest absolute Gasteiger partial charge is 0.335 e. The summed E-state index contributed by atoms with van der Waals surface area (Å²) in [5.74, 6) is -1.09. The first-order valence-corrected chi connectivity index (χ1v) is 10.5. The first kappa shape index (κ1) is 20.1. The van der Waals surface area contributed by atoms with E-state index in [9.17, 15) is 14.7 Å². The van der Waals surface area contributed by atoms with Crippen molar-refractivity contribution in [1.82, 2.24) is 4.90 Å². The van der Waals surface area contributed by atoms with E-state index < -0.39 is 5.97 Å². The van der Waals surface area contributed by atoms with Crippen LogP contribution >= 0.6 is 56.9 Å². The van der Waals surface area contributed by atoms with Crippen LogP contribution in [0.2, 0.25) is 0 Å². The van der Waals surface area contributed by atoms with Crippen LogP contribution in [0.4, 0.5) is 5.69 Å². The molecule has 1 aliphatic heterocycles. The van der Waals surface area contributed by atoms with Gasteiger partial charge in [0.2, 0.25) is 0 Å². The molecule has 27 heavy (non-hydrogen) atoms. The number of carboxylic acid groups (broad SMARTS) is 1. The SMILES string of the molecule is CN1C(=O)/C(=C/c2cc(I)cc(I)c2O)SC1=Nc1ccc(C(=O)O)cc1. The maximum atomic E-state index is 12.5. The van der Waals surface area contributed by atoms with Crippen molar-refractivity contribution in [1.29, 1.82) is 0 Å². The van der Waals surface area contributed by atoms with E-state index >= 15 is 0 Å². The normalized spacial score (nSPS) is 17.1. The van der Waals surface area contributed by atoms with Gasteiger partial charge < -0.3 is 10.2 Å². The van der Waals surface area contributed by atoms with Gasteiger partial charge in [0.25, 0.3) is 5.91 Å². The van der Waals surface area contributed by atoms with Gasteiger partial charge in [-0.1, -0.05) is 0 Å². The molecule has 1 fully saturated rings. The zero-order valence-corrected chi connectivity index (χ0v) is 18.9. The fourth-order valence-electron chi connectivity index (χ4n) is 2.28. The van der Waals surface area contributed by atoms with Gasteiger partial charge in [0.05, 0.1) is 19.7 Å². The zero-order chi connectivity index (χ0) is 19.7. The lowest BCUT2D eigenvalue weighted by molar-refractivity contribution is -0.121. The molecule has 2 aromatic rings. The standard InChI is InChI=1S/C18H12I2N2O4S/c1-22-16(24)14(7-10-6-11(19)8-13(20)15(10)23)27-18(22)21-12-4-2-9(3-5-12)17(25)26/h2-8,23H,1H3,(H,25,26)/b14-7-,21-18?. The van der Waals surface area contributed by atoms with Crippen molar-refractivity contribution >= 4 is 85.8 Å². The molecule has 0 unspecified atom stereocenters. The Bertz CT molecular complexity index is 1000. The summed E-state index contributed by atoms with van der Waals surface area (Å²) >= 11 is 5.41. The zero-order valence-electron chi connectivity index (χ0n) is 13.8. The van der Waals surface area contributed by atoms with Crippen LogP contribution in [0.25, 0.3) is 6.08 Å². The number of aliphatic imine (C=N–C) groups is 1. The van der Waals surface area contributed by atoms with Crippen LogP contribution in [0, 0.1) is 7.14 Å². The molecule has 1 heterocycles. The van der Waals surface area contributed by atoms with E-state index in [0.717, 1.165) is 3.57 Å². The molecular weight excluding hydrogens is 594 g/mol. The molecule has 0 aromatic heterocycles. The molecule has 0 atom stereocenters. The molecule has 1 saturated heterocycles. The van der Waals surface area contributed by atoms with Gasteiger partial charge in [-0.15, -0.1) is 0 Å². The van der Waals surface area contributed by atoms with Gasteiger partial charge in [-0.05, 0) is 99.4 Å². The Morgan fingerprint density at radius 1 is 1.22 bits per heavy atom. The van der Waals surface area contributed by atoms with E-state index in [4.69, 9.17) is 5.11 Å². The van der Waals surface area contributed by atoms with Gasteiger partial charge in [-0.2, -0.15) is 0 Å². The molecular formula is C18H12I2N2O4S. The Labute approximate surface area is 186 Å². The number of carboxylic acids is 1. The van der Waals surface area contributed by atoms with Crippen LogP contribution in [0.5, 0.6) is 5.75 Å². The molecule has 9 heteroatoms. The number of aromatic hydroxyl groups is 1. The number of hydrogen-bond acceptors (Lipinski definition) is 5. The Kier molecular flexibility index (Phi) is 6.11. The van der Waals surface area contributed by atoms with Gasteiger partial charge in [0, 0.05) is 16.2 Å². The van der Waals surface area contributed by atoms with E-state index in [2.05, 4.69) is 27.6 Å². The molecule has 2 aromatic carbocycles. The molecule has 0 aliphatic carbocycles. The van der Waals surface area contributed by atoms with E-state index in [0.29, 0.717) is 24.9 Å². The maximum absolute atomic E-state index is 12.5. The van der Waals surface area contributed by atoms with Crippen molar-refractivity contribution in [2.45, 2.75) is 0 Å². The number of aromatic carboxylic acids is 1. The largest absolute Gasteiger partial charge is 0.506 e. The van der Waals surface area contributed by atoms with Crippen molar-refractivity contribution in [3.8, 4) is 5.75 Å². The number of benzene rings is 2. The minimum atomic E-state index is -1.01. The second-order valence-corrected chi connectivity index (χ2v) is 8.96. The van der Waals surface area contributed by atoms with Crippen molar-refractivity contribution < 1.29 is 19.8 Å². The number of thioether (sulfide) groups is 1. The topological polar surface area (TPSA) is 90.2 Å². The summed E-state index contributed by atoms with van der Waals surface area (Å²) < 4.78 is 1.67. The third-order valence-electron chi connectivity index (χ3n) is 3.69. The third-order valence-corrected chi connectivity index (χ3v) is 6.19. The summed E-state index contributed by atoms with van der Waals surface area (Å²) in [7, 11) is 1.62. The van der Waals surface area contributed by atoms with Crippen LogP contribution in [-0.2, 0) is 4.79 Å². The quantitative estimate of drug-likeness (QED) is 0.396. The summed E-state index contributed by atoms with van der Waals surface area (Å²) in [5, 5.41) is 19.7. The highest BCUT2D eigenvalue weighted by Gasteiger charge is 2.30. The van der Waals surface area contributed by atoms with Gasteiger partial charge in [0.15, 0.2) is 5.17 Å². The molecule has 1 aliphatic rings. The minimum Gasteiger partial charge on any atom is -0.506 e. The number of phenols is 1. The molecule has 0 radical (unpaired) electrons. The number of likely N-dealkylation sites (N-methyl/N-ethyl adjacent to an activating group) is 1. The number of hydrogen-bond donors (Lipinski definition) is 2. The van der Waals surface area contributed by atoms with Gasteiger partial charge in [-0.3, -0.25) is 9.69 Å². The van der Waals surface area contributed by atoms with Crippen molar-refractivity contribution in [3.05, 3.63) is 59.6 Å². The summed E-state index contributed by atoms with van der Waals surface area (Å²) in [6.45, 7) is 0. The van der Waals surface area contributed by atoms with Gasteiger partial charge in [0.1, 0.15) is 5.75 Å². The molecule has 138 valence electrons. The van der Waals surface area contributed by atoms with E-state index in [1.807, 2.05) is 28.7 Å². The van der Waals surface area contributed by atoms with Crippen LogP contribution < -0.4 is 0 Å². The number of carbonyl (C=O) groups is 2. The number of carbonyl (C=O) groups excluding carboxylic acids is 1.